The molecule has 10 heteroatoms. The number of carbonyl (C=O) groups is 3. The third-order valence-electron chi connectivity index (χ3n) is 10.8. The molecule has 1 atom stereocenters. The molecule has 0 unspecified atom stereocenters. The van der Waals surface area contributed by atoms with E-state index in [0.717, 1.165) is 88.9 Å². The largest absolute Gasteiger partial charge is 0.379 e. The molecule has 2 N–H and O–H groups in total. The number of allylic oxidation sites excluding steroid dienone is 2. The van der Waals surface area contributed by atoms with E-state index < -0.39 is 0 Å². The van der Waals surface area contributed by atoms with Crippen LogP contribution in [0.25, 0.3) is 11.3 Å². The highest BCUT2D eigenvalue weighted by molar-refractivity contribution is 6.08. The van der Waals surface area contributed by atoms with Crippen molar-refractivity contribution in [1.29, 1.82) is 0 Å². The molecule has 0 radical (unpaired) electrons. The van der Waals surface area contributed by atoms with Crippen LogP contribution in [0, 0.1) is 0 Å². The van der Waals surface area contributed by atoms with E-state index in [-0.39, 0.29) is 23.8 Å². The van der Waals surface area contributed by atoms with Gasteiger partial charge in [0.05, 0.1) is 30.6 Å². The lowest BCUT2D eigenvalue weighted by Gasteiger charge is -2.30. The van der Waals surface area contributed by atoms with Gasteiger partial charge in [0, 0.05) is 80.5 Å². The fourth-order valence-corrected chi connectivity index (χ4v) is 7.78. The number of benzene rings is 2. The summed E-state index contributed by atoms with van der Waals surface area (Å²) in [6, 6.07) is 16.5. The van der Waals surface area contributed by atoms with Gasteiger partial charge in [-0.3, -0.25) is 24.3 Å². The Bertz CT molecular complexity index is 1840. The Kier molecular flexibility index (Phi) is 11.4. The maximum Gasteiger partial charge on any atom is 0.255 e. The lowest BCUT2D eigenvalue weighted by Crippen LogP contribution is -2.41. The van der Waals surface area contributed by atoms with Crippen LogP contribution >= 0.6 is 0 Å². The fraction of sp³-hybridized carbons (Fsp3) is 0.429. The zero-order valence-corrected chi connectivity index (χ0v) is 30.2. The van der Waals surface area contributed by atoms with Crippen LogP contribution in [0.4, 0.5) is 11.4 Å². The van der Waals surface area contributed by atoms with Crippen molar-refractivity contribution < 1.29 is 19.1 Å². The molecule has 10 nitrogen and oxygen atoms in total. The summed E-state index contributed by atoms with van der Waals surface area (Å²) < 4.78 is 5.44. The van der Waals surface area contributed by atoms with Crippen LogP contribution in [-0.2, 0) is 4.74 Å². The topological polar surface area (TPSA) is 107 Å². The van der Waals surface area contributed by atoms with Crippen molar-refractivity contribution in [2.45, 2.75) is 57.4 Å². The lowest BCUT2D eigenvalue weighted by molar-refractivity contribution is 0.0338. The molecule has 1 aromatic heterocycles. The second kappa shape index (κ2) is 16.7. The quantitative estimate of drug-likeness (QED) is 0.255. The van der Waals surface area contributed by atoms with Gasteiger partial charge in [-0.2, -0.15) is 0 Å². The van der Waals surface area contributed by atoms with Crippen LogP contribution in [0.1, 0.15) is 82.4 Å². The molecule has 0 spiro atoms. The third kappa shape index (κ3) is 8.45. The van der Waals surface area contributed by atoms with E-state index in [4.69, 9.17) is 9.72 Å². The van der Waals surface area contributed by atoms with Gasteiger partial charge in [-0.05, 0) is 105 Å². The molecule has 3 amide bonds. The predicted octanol–water partition coefficient (Wildman–Crippen LogP) is 6.32. The summed E-state index contributed by atoms with van der Waals surface area (Å²) >= 11 is 0. The standard InChI is InChI=1S/C42H50N6O4/c1-46(21-22-47-23-25-52-26-24-47)42(51)33-12-7-11-31(27-33)40(49)45-38-16-15-34(48-19-5-2-6-20-48)29-36(38)39-28-32(17-18-43-39)41(50)44-37-14-8-10-30-9-3-4-13-35(30)37/h4,7,11-13,15-18,27-29,37H,2-3,5-6,8-10,14,19-26H2,1H3,(H,44,50)(H,45,49)/t37-/m0/s1. The van der Waals surface area contributed by atoms with E-state index in [9.17, 15) is 14.4 Å². The highest BCUT2D eigenvalue weighted by Gasteiger charge is 2.25. The first-order valence-corrected chi connectivity index (χ1v) is 18.9. The Hall–Kier alpha value is -4.80. The van der Waals surface area contributed by atoms with Crippen molar-refractivity contribution in [3.63, 3.8) is 0 Å². The van der Waals surface area contributed by atoms with E-state index in [2.05, 4.69) is 38.7 Å². The number of amides is 3. The summed E-state index contributed by atoms with van der Waals surface area (Å²) in [6.07, 6.45) is 14.8. The number of carbonyl (C=O) groups excluding carboxylic acids is 3. The third-order valence-corrected chi connectivity index (χ3v) is 10.8. The molecule has 7 rings (SSSR count). The van der Waals surface area contributed by atoms with Gasteiger partial charge in [0.25, 0.3) is 17.7 Å². The van der Waals surface area contributed by atoms with Crippen LogP contribution < -0.4 is 15.5 Å². The van der Waals surface area contributed by atoms with E-state index in [1.807, 2.05) is 18.2 Å². The monoisotopic (exact) mass is 702 g/mol. The fourth-order valence-electron chi connectivity index (χ4n) is 7.78. The van der Waals surface area contributed by atoms with Gasteiger partial charge >= 0.3 is 0 Å². The Morgan fingerprint density at radius 1 is 0.885 bits per heavy atom. The highest BCUT2D eigenvalue weighted by Crippen LogP contribution is 2.34. The molecule has 3 aromatic rings. The van der Waals surface area contributed by atoms with Crippen molar-refractivity contribution in [1.82, 2.24) is 20.1 Å². The number of aromatic nitrogens is 1. The smallest absolute Gasteiger partial charge is 0.255 e. The molecule has 0 saturated carbocycles. The first-order valence-electron chi connectivity index (χ1n) is 18.9. The summed E-state index contributed by atoms with van der Waals surface area (Å²) in [4.78, 5) is 51.9. The zero-order valence-electron chi connectivity index (χ0n) is 30.2. The van der Waals surface area contributed by atoms with Gasteiger partial charge in [0.1, 0.15) is 0 Å². The minimum Gasteiger partial charge on any atom is -0.379 e. The molecule has 2 aliphatic heterocycles. The number of ether oxygens (including phenoxy) is 1. The average molecular weight is 703 g/mol. The molecule has 2 fully saturated rings. The van der Waals surface area contributed by atoms with Crippen LogP contribution in [0.5, 0.6) is 0 Å². The Labute approximate surface area is 306 Å². The molecular formula is C42H50N6O4. The number of hydrogen-bond acceptors (Lipinski definition) is 7. The van der Waals surface area contributed by atoms with Crippen molar-refractivity contribution >= 4 is 29.1 Å². The molecule has 2 aliphatic carbocycles. The average Bonchev–Trinajstić information content (AvgIpc) is 3.20. The Morgan fingerprint density at radius 2 is 1.69 bits per heavy atom. The molecule has 52 heavy (non-hydrogen) atoms. The molecule has 2 aromatic carbocycles. The number of nitrogens with zero attached hydrogens (tertiary/aromatic N) is 4. The van der Waals surface area contributed by atoms with Gasteiger partial charge in [-0.25, -0.2) is 0 Å². The van der Waals surface area contributed by atoms with Crippen LogP contribution in [0.2, 0.25) is 0 Å². The molecule has 2 saturated heterocycles. The number of anilines is 2. The zero-order chi connectivity index (χ0) is 35.9. The van der Waals surface area contributed by atoms with E-state index in [1.165, 1.54) is 17.6 Å². The van der Waals surface area contributed by atoms with Crippen LogP contribution in [0.3, 0.4) is 0 Å². The number of likely N-dealkylation sites (N-methyl/N-ethyl adjacent to an activating group) is 1. The number of rotatable bonds is 10. The Balaban J connectivity index is 1.11. The summed E-state index contributed by atoms with van der Waals surface area (Å²) in [6.45, 7) is 6.45. The van der Waals surface area contributed by atoms with Gasteiger partial charge < -0.3 is 25.2 Å². The SMILES string of the molecule is CN(CCN1CCOCC1)C(=O)c1cccc(C(=O)Nc2ccc(N3CCCCC3)cc2-c2cc(C(=O)N[C@H]3CCCC4=C3C=CCC4)ccn2)c1. The Morgan fingerprint density at radius 3 is 2.54 bits per heavy atom. The van der Waals surface area contributed by atoms with Crippen LogP contribution in [-0.4, -0.2) is 98.1 Å². The minimum atomic E-state index is -0.326. The van der Waals surface area contributed by atoms with Gasteiger partial charge in [0.2, 0.25) is 0 Å². The maximum atomic E-state index is 13.8. The van der Waals surface area contributed by atoms with E-state index in [0.29, 0.717) is 47.8 Å². The number of nitrogens with one attached hydrogen (secondary N) is 2. The van der Waals surface area contributed by atoms with Gasteiger partial charge in [0.15, 0.2) is 0 Å². The number of hydrogen-bond donors (Lipinski definition) is 2. The number of piperidine rings is 1. The second-order valence-corrected chi connectivity index (χ2v) is 14.3. The molecule has 3 heterocycles. The van der Waals surface area contributed by atoms with Crippen molar-refractivity contribution in [2.24, 2.45) is 0 Å². The summed E-state index contributed by atoms with van der Waals surface area (Å²) in [5.41, 5.74) is 7.10. The van der Waals surface area contributed by atoms with Gasteiger partial charge in [-0.1, -0.05) is 23.8 Å². The molecule has 0 bridgehead atoms. The van der Waals surface area contributed by atoms with Crippen molar-refractivity contribution in [3.05, 3.63) is 101 Å². The van der Waals surface area contributed by atoms with E-state index in [1.54, 1.807) is 48.5 Å². The minimum absolute atomic E-state index is 0.00824. The first-order chi connectivity index (χ1) is 25.4. The first kappa shape index (κ1) is 35.6. The second-order valence-electron chi connectivity index (χ2n) is 14.3. The highest BCUT2D eigenvalue weighted by atomic mass is 16.5. The molecule has 272 valence electrons. The van der Waals surface area contributed by atoms with Crippen LogP contribution in [0.15, 0.2) is 84.1 Å². The van der Waals surface area contributed by atoms with Crippen molar-refractivity contribution in [3.8, 4) is 11.3 Å². The molecular weight excluding hydrogens is 652 g/mol. The summed E-state index contributed by atoms with van der Waals surface area (Å²) in [5.74, 6) is -0.585. The lowest BCUT2D eigenvalue weighted by atomic mass is 9.82. The van der Waals surface area contributed by atoms with Gasteiger partial charge in [-0.15, -0.1) is 0 Å². The number of pyridine rings is 1. The summed E-state index contributed by atoms with van der Waals surface area (Å²) in [5, 5.41) is 6.41. The predicted molar refractivity (Wildman–Crippen MR) is 205 cm³/mol. The van der Waals surface area contributed by atoms with Crippen molar-refractivity contribution in [2.75, 3.05) is 69.7 Å². The normalized spacial score (nSPS) is 19.2. The maximum absolute atomic E-state index is 13.8. The summed E-state index contributed by atoms with van der Waals surface area (Å²) in [7, 11) is 1.80. The number of morpholine rings is 1. The molecule has 4 aliphatic rings. The van der Waals surface area contributed by atoms with E-state index >= 15 is 0 Å².